The van der Waals surface area contributed by atoms with Crippen LogP contribution in [0.4, 0.5) is 5.69 Å². The van der Waals surface area contributed by atoms with Crippen LogP contribution >= 0.6 is 11.8 Å². The highest BCUT2D eigenvalue weighted by atomic mass is 32.2. The molecule has 3 rings (SSSR count). The lowest BCUT2D eigenvalue weighted by molar-refractivity contribution is 0.102. The normalized spacial score (nSPS) is 10.6. The van der Waals surface area contributed by atoms with Gasteiger partial charge in [-0.2, -0.15) is 11.8 Å². The highest BCUT2D eigenvalue weighted by Gasteiger charge is 2.09. The molecule has 0 saturated heterocycles. The number of nitrogens with zero attached hydrogens (tertiary/aromatic N) is 4. The van der Waals surface area contributed by atoms with E-state index in [0.717, 1.165) is 22.8 Å². The number of nitrogens with one attached hydrogen (secondary N) is 1. The maximum Gasteiger partial charge on any atom is 0.255 e. The van der Waals surface area contributed by atoms with Gasteiger partial charge in [-0.1, -0.05) is 25.1 Å². The van der Waals surface area contributed by atoms with E-state index in [2.05, 4.69) is 27.8 Å². The first kappa shape index (κ1) is 17.2. The quantitative estimate of drug-likeness (QED) is 0.734. The predicted octanol–water partition coefficient (Wildman–Crippen LogP) is 3.48. The molecule has 0 atom stereocenters. The third kappa shape index (κ3) is 4.24. The Hall–Kier alpha value is -2.67. The summed E-state index contributed by atoms with van der Waals surface area (Å²) in [5.74, 6) is 1.91. The number of rotatable bonds is 6. The van der Waals surface area contributed by atoms with Crippen molar-refractivity contribution in [3.05, 3.63) is 65.5 Å². The van der Waals surface area contributed by atoms with Gasteiger partial charge in [0.2, 0.25) is 0 Å². The Morgan fingerprint density at radius 3 is 2.68 bits per heavy atom. The Bertz CT molecular complexity index is 846. The molecule has 0 aliphatic heterocycles. The number of tetrazole rings is 1. The molecule has 0 saturated carbocycles. The first-order valence-corrected chi connectivity index (χ1v) is 9.15. The maximum absolute atomic E-state index is 12.5. The monoisotopic (exact) mass is 353 g/mol. The van der Waals surface area contributed by atoms with Crippen molar-refractivity contribution in [2.75, 3.05) is 11.1 Å². The molecule has 0 fully saturated rings. The van der Waals surface area contributed by atoms with E-state index in [4.69, 9.17) is 0 Å². The average molecular weight is 353 g/mol. The van der Waals surface area contributed by atoms with Crippen LogP contribution in [0, 0.1) is 6.92 Å². The third-order valence-corrected chi connectivity index (χ3v) is 4.70. The summed E-state index contributed by atoms with van der Waals surface area (Å²) < 4.78 is 1.57. The largest absolute Gasteiger partial charge is 0.322 e. The Morgan fingerprint density at radius 1 is 1.20 bits per heavy atom. The minimum Gasteiger partial charge on any atom is -0.322 e. The molecule has 0 bridgehead atoms. The van der Waals surface area contributed by atoms with E-state index in [9.17, 15) is 4.79 Å². The molecule has 6 nitrogen and oxygen atoms in total. The van der Waals surface area contributed by atoms with E-state index >= 15 is 0 Å². The zero-order chi connectivity index (χ0) is 17.6. The SMILES string of the molecule is CCSCc1ccc(C(=O)Nc2ccc(C)c(-n3cnnn3)c2)cc1. The number of aromatic nitrogens is 4. The van der Waals surface area contributed by atoms with Crippen LogP contribution in [0.2, 0.25) is 0 Å². The molecule has 0 unspecified atom stereocenters. The molecule has 0 aliphatic rings. The molecule has 1 amide bonds. The van der Waals surface area contributed by atoms with Gasteiger partial charge >= 0.3 is 0 Å². The fourth-order valence-corrected chi connectivity index (χ4v) is 3.01. The van der Waals surface area contributed by atoms with E-state index in [1.54, 1.807) is 4.68 Å². The number of hydrogen-bond donors (Lipinski definition) is 1. The lowest BCUT2D eigenvalue weighted by atomic mass is 10.1. The Morgan fingerprint density at radius 2 is 2.00 bits per heavy atom. The van der Waals surface area contributed by atoms with Crippen molar-refractivity contribution in [1.29, 1.82) is 0 Å². The van der Waals surface area contributed by atoms with Gasteiger partial charge in [0.1, 0.15) is 6.33 Å². The lowest BCUT2D eigenvalue weighted by Crippen LogP contribution is -2.12. The van der Waals surface area contributed by atoms with E-state index in [1.807, 2.05) is 61.2 Å². The fraction of sp³-hybridized carbons (Fsp3) is 0.222. The van der Waals surface area contributed by atoms with Crippen LogP contribution in [0.5, 0.6) is 0 Å². The number of amides is 1. The van der Waals surface area contributed by atoms with Gasteiger partial charge in [0.15, 0.2) is 0 Å². The second kappa shape index (κ2) is 7.94. The molecule has 25 heavy (non-hydrogen) atoms. The van der Waals surface area contributed by atoms with E-state index in [0.29, 0.717) is 11.3 Å². The smallest absolute Gasteiger partial charge is 0.255 e. The minimum absolute atomic E-state index is 0.138. The van der Waals surface area contributed by atoms with Crippen LogP contribution in [-0.2, 0) is 5.75 Å². The Kier molecular flexibility index (Phi) is 5.45. The van der Waals surface area contributed by atoms with Crippen molar-refractivity contribution >= 4 is 23.4 Å². The number of aryl methyl sites for hydroxylation is 1. The van der Waals surface area contributed by atoms with Gasteiger partial charge in [-0.15, -0.1) is 5.10 Å². The fourth-order valence-electron chi connectivity index (χ4n) is 2.38. The summed E-state index contributed by atoms with van der Waals surface area (Å²) in [6.45, 7) is 4.10. The summed E-state index contributed by atoms with van der Waals surface area (Å²) in [5.41, 5.74) is 4.40. The molecule has 3 aromatic rings. The number of benzene rings is 2. The zero-order valence-corrected chi connectivity index (χ0v) is 15.0. The number of hydrogen-bond acceptors (Lipinski definition) is 5. The first-order valence-electron chi connectivity index (χ1n) is 7.99. The molecule has 1 heterocycles. The van der Waals surface area contributed by atoms with Crippen LogP contribution < -0.4 is 5.32 Å². The van der Waals surface area contributed by atoms with E-state index in [1.165, 1.54) is 11.9 Å². The number of anilines is 1. The topological polar surface area (TPSA) is 72.7 Å². The Balaban J connectivity index is 1.74. The van der Waals surface area contributed by atoms with Crippen LogP contribution in [0.1, 0.15) is 28.4 Å². The molecule has 2 aromatic carbocycles. The number of carbonyl (C=O) groups is 1. The molecular weight excluding hydrogens is 334 g/mol. The summed E-state index contributed by atoms with van der Waals surface area (Å²) in [5, 5.41) is 14.1. The molecule has 1 aromatic heterocycles. The van der Waals surface area contributed by atoms with Gasteiger partial charge in [-0.05, 0) is 58.5 Å². The second-order valence-corrected chi connectivity index (χ2v) is 6.82. The molecular formula is C18H19N5OS. The van der Waals surface area contributed by atoms with Crippen molar-refractivity contribution in [3.8, 4) is 5.69 Å². The molecule has 0 aliphatic carbocycles. The van der Waals surface area contributed by atoms with Crippen molar-refractivity contribution in [1.82, 2.24) is 20.2 Å². The highest BCUT2D eigenvalue weighted by molar-refractivity contribution is 7.98. The summed E-state index contributed by atoms with van der Waals surface area (Å²) in [6.07, 6.45) is 1.53. The standard InChI is InChI=1S/C18H19N5OS/c1-3-25-11-14-5-7-15(8-6-14)18(24)20-16-9-4-13(2)17(10-16)23-12-19-21-22-23/h4-10,12H,3,11H2,1-2H3,(H,20,24). The average Bonchev–Trinajstić information content (AvgIpc) is 3.16. The second-order valence-electron chi connectivity index (χ2n) is 5.54. The van der Waals surface area contributed by atoms with Crippen LogP contribution in [-0.4, -0.2) is 31.9 Å². The number of thioether (sulfide) groups is 1. The van der Waals surface area contributed by atoms with E-state index in [-0.39, 0.29) is 5.91 Å². The van der Waals surface area contributed by atoms with Crippen LogP contribution in [0.15, 0.2) is 48.8 Å². The summed E-state index contributed by atoms with van der Waals surface area (Å²) in [4.78, 5) is 12.5. The third-order valence-electron chi connectivity index (χ3n) is 3.75. The first-order chi connectivity index (χ1) is 12.2. The highest BCUT2D eigenvalue weighted by Crippen LogP contribution is 2.19. The molecule has 0 radical (unpaired) electrons. The number of carbonyl (C=O) groups excluding carboxylic acids is 1. The van der Waals surface area contributed by atoms with Crippen molar-refractivity contribution in [2.24, 2.45) is 0 Å². The summed E-state index contributed by atoms with van der Waals surface area (Å²) in [7, 11) is 0. The van der Waals surface area contributed by atoms with Crippen LogP contribution in [0.3, 0.4) is 0 Å². The van der Waals surface area contributed by atoms with Gasteiger partial charge in [0.25, 0.3) is 5.91 Å². The van der Waals surface area contributed by atoms with Crippen molar-refractivity contribution in [2.45, 2.75) is 19.6 Å². The molecule has 0 spiro atoms. The van der Waals surface area contributed by atoms with Gasteiger partial charge in [0.05, 0.1) is 5.69 Å². The molecule has 7 heteroatoms. The Labute approximate surface area is 150 Å². The van der Waals surface area contributed by atoms with Crippen LogP contribution in [0.25, 0.3) is 5.69 Å². The van der Waals surface area contributed by atoms with Gasteiger partial charge in [0, 0.05) is 17.0 Å². The summed E-state index contributed by atoms with van der Waals surface area (Å²) in [6, 6.07) is 13.4. The van der Waals surface area contributed by atoms with Crippen molar-refractivity contribution < 1.29 is 4.79 Å². The van der Waals surface area contributed by atoms with E-state index < -0.39 is 0 Å². The minimum atomic E-state index is -0.138. The molecule has 128 valence electrons. The summed E-state index contributed by atoms with van der Waals surface area (Å²) >= 11 is 1.86. The predicted molar refractivity (Wildman–Crippen MR) is 100 cm³/mol. The van der Waals surface area contributed by atoms with Gasteiger partial charge in [-0.25, -0.2) is 4.68 Å². The molecule has 1 N–H and O–H groups in total. The van der Waals surface area contributed by atoms with Crippen molar-refractivity contribution in [3.63, 3.8) is 0 Å². The maximum atomic E-state index is 12.5. The van der Waals surface area contributed by atoms with Gasteiger partial charge in [-0.3, -0.25) is 4.79 Å². The zero-order valence-electron chi connectivity index (χ0n) is 14.1. The lowest BCUT2D eigenvalue weighted by Gasteiger charge is -2.10. The van der Waals surface area contributed by atoms with Gasteiger partial charge < -0.3 is 5.32 Å².